The molecule has 0 spiro atoms. The molecule has 1 aliphatic heterocycles. The van der Waals surface area contributed by atoms with Gasteiger partial charge in [-0.1, -0.05) is 54.8 Å². The fourth-order valence-corrected chi connectivity index (χ4v) is 4.79. The smallest absolute Gasteiger partial charge is 0.293 e. The van der Waals surface area contributed by atoms with E-state index < -0.39 is 6.17 Å². The number of hydrogen-bond acceptors (Lipinski definition) is 5. The van der Waals surface area contributed by atoms with Gasteiger partial charge in [0.15, 0.2) is 0 Å². The Balaban J connectivity index is 1.83. The molecular formula is C24H25FN4O2S. The number of aromatic nitrogens is 3. The molecule has 0 N–H and O–H groups in total. The number of carbonyl (C=O) groups is 1. The predicted molar refractivity (Wildman–Crippen MR) is 120 cm³/mol. The summed E-state index contributed by atoms with van der Waals surface area (Å²) in [5.41, 5.74) is 2.18. The van der Waals surface area contributed by atoms with Crippen molar-refractivity contribution in [2.45, 2.75) is 50.9 Å². The van der Waals surface area contributed by atoms with Crippen molar-refractivity contribution in [2.24, 2.45) is 0 Å². The summed E-state index contributed by atoms with van der Waals surface area (Å²) in [6.07, 6.45) is 3.75. The lowest BCUT2D eigenvalue weighted by molar-refractivity contribution is -0.764. The first-order valence-corrected chi connectivity index (χ1v) is 11.8. The number of fused-ring (bicyclic) bond motifs is 3. The van der Waals surface area contributed by atoms with Gasteiger partial charge in [-0.05, 0) is 42.8 Å². The molecule has 0 saturated heterocycles. The lowest BCUT2D eigenvalue weighted by Crippen LogP contribution is -2.58. The Morgan fingerprint density at radius 1 is 1.16 bits per heavy atom. The molecule has 1 unspecified atom stereocenters. The van der Waals surface area contributed by atoms with Gasteiger partial charge in [-0.3, -0.25) is 4.79 Å². The third kappa shape index (κ3) is 4.32. The van der Waals surface area contributed by atoms with E-state index in [0.29, 0.717) is 27.7 Å². The number of benzene rings is 2. The van der Waals surface area contributed by atoms with Gasteiger partial charge in [-0.2, -0.15) is 0 Å². The number of rotatable bonds is 7. The second-order valence-corrected chi connectivity index (χ2v) is 8.80. The van der Waals surface area contributed by atoms with Crippen LogP contribution < -0.4 is 14.7 Å². The molecule has 1 atom stereocenters. The Labute approximate surface area is 191 Å². The summed E-state index contributed by atoms with van der Waals surface area (Å²) in [5, 5.41) is 18.2. The minimum atomic E-state index is -0.715. The first-order valence-electron chi connectivity index (χ1n) is 10.8. The molecule has 1 aromatic heterocycles. The maximum atomic E-state index is 13.6. The highest BCUT2D eigenvalue weighted by atomic mass is 32.2. The Kier molecular flexibility index (Phi) is 6.69. The molecule has 0 aliphatic carbocycles. The van der Waals surface area contributed by atoms with Gasteiger partial charge < -0.3 is 5.11 Å². The number of amides is 1. The molecular weight excluding hydrogens is 427 g/mol. The van der Waals surface area contributed by atoms with Crippen molar-refractivity contribution in [1.82, 2.24) is 10.1 Å². The van der Waals surface area contributed by atoms with Crippen LogP contribution in [-0.4, -0.2) is 21.7 Å². The van der Waals surface area contributed by atoms with Gasteiger partial charge >= 0.3 is 0 Å². The number of para-hydroxylation sites is 1. The van der Waals surface area contributed by atoms with Crippen molar-refractivity contribution in [3.63, 3.8) is 0 Å². The summed E-state index contributed by atoms with van der Waals surface area (Å²) in [4.78, 5) is 18.6. The lowest BCUT2D eigenvalue weighted by Gasteiger charge is -2.32. The average molecular weight is 453 g/mol. The molecule has 0 saturated carbocycles. The molecule has 0 bridgehead atoms. The molecule has 1 aliphatic rings. The highest BCUT2D eigenvalue weighted by Crippen LogP contribution is 2.40. The maximum absolute atomic E-state index is 13.6. The molecule has 8 heteroatoms. The van der Waals surface area contributed by atoms with Crippen molar-refractivity contribution in [1.29, 1.82) is 0 Å². The Morgan fingerprint density at radius 3 is 2.62 bits per heavy atom. The van der Waals surface area contributed by atoms with E-state index in [1.165, 1.54) is 37.2 Å². The van der Waals surface area contributed by atoms with Crippen LogP contribution in [0.3, 0.4) is 0 Å². The van der Waals surface area contributed by atoms with Crippen LogP contribution in [0.1, 0.15) is 51.3 Å². The van der Waals surface area contributed by atoms with Gasteiger partial charge in [-0.25, -0.2) is 14.3 Å². The standard InChI is InChI=1S/C24H25FN4O2S/c1-3-4-5-8-15-32-24-26-22(31)21-19-9-6-7-10-20(19)28(16(2)30)23(29(21)27-24)17-11-13-18(25)14-12-17/h6-7,9-14,23H,3-5,8,15H2,1-2H3. The summed E-state index contributed by atoms with van der Waals surface area (Å²) in [6.45, 7) is 3.63. The van der Waals surface area contributed by atoms with Gasteiger partial charge in [0.2, 0.25) is 5.91 Å². The van der Waals surface area contributed by atoms with E-state index in [9.17, 15) is 14.3 Å². The zero-order chi connectivity index (χ0) is 22.7. The highest BCUT2D eigenvalue weighted by Gasteiger charge is 2.43. The third-order valence-electron chi connectivity index (χ3n) is 5.45. The quantitative estimate of drug-likeness (QED) is 0.305. The lowest BCUT2D eigenvalue weighted by atomic mass is 10.0. The molecule has 1 amide bonds. The Morgan fingerprint density at radius 2 is 1.91 bits per heavy atom. The van der Waals surface area contributed by atoms with Crippen LogP contribution in [0.2, 0.25) is 0 Å². The normalized spacial score (nSPS) is 14.7. The summed E-state index contributed by atoms with van der Waals surface area (Å²) < 4.78 is 15.2. The minimum absolute atomic E-state index is 0.204. The summed E-state index contributed by atoms with van der Waals surface area (Å²) in [6, 6.07) is 13.1. The number of unbranched alkanes of at least 4 members (excludes halogenated alkanes) is 3. The van der Waals surface area contributed by atoms with Crippen molar-refractivity contribution in [3.8, 4) is 17.1 Å². The van der Waals surface area contributed by atoms with E-state index in [2.05, 4.69) is 17.0 Å². The Hall–Kier alpha value is -3.00. The number of thioether (sulfide) groups is 1. The van der Waals surface area contributed by atoms with Crippen LogP contribution >= 0.6 is 11.8 Å². The van der Waals surface area contributed by atoms with Crippen LogP contribution in [-0.2, 0) is 4.79 Å². The highest BCUT2D eigenvalue weighted by molar-refractivity contribution is 7.99. The molecule has 3 aromatic rings. The number of anilines is 1. The molecule has 2 aromatic carbocycles. The van der Waals surface area contributed by atoms with E-state index >= 15 is 0 Å². The molecule has 0 fully saturated rings. The number of nitrogens with zero attached hydrogens (tertiary/aromatic N) is 4. The van der Waals surface area contributed by atoms with E-state index in [-0.39, 0.29) is 17.6 Å². The number of hydrogen-bond donors (Lipinski definition) is 0. The molecule has 4 rings (SSSR count). The van der Waals surface area contributed by atoms with Crippen LogP contribution in [0, 0.1) is 5.82 Å². The van der Waals surface area contributed by atoms with Crippen LogP contribution in [0.25, 0.3) is 11.3 Å². The average Bonchev–Trinajstić information content (AvgIpc) is 2.78. The van der Waals surface area contributed by atoms with Crippen molar-refractivity contribution in [2.75, 3.05) is 10.7 Å². The number of carbonyl (C=O) groups excluding carboxylic acids is 1. The van der Waals surface area contributed by atoms with Crippen LogP contribution in [0.4, 0.5) is 10.1 Å². The summed E-state index contributed by atoms with van der Waals surface area (Å²) in [5.74, 6) is -0.156. The van der Waals surface area contributed by atoms with Gasteiger partial charge in [0.1, 0.15) is 5.82 Å². The topological polar surface area (TPSA) is 73.0 Å². The SMILES string of the molecule is CCCCCCSc1nc([O-])c2[n+](n1)C(c1ccc(F)cc1)N(C(C)=O)c1ccccc1-2. The second kappa shape index (κ2) is 9.65. The predicted octanol–water partition coefficient (Wildman–Crippen LogP) is 4.23. The minimum Gasteiger partial charge on any atom is -0.854 e. The second-order valence-electron chi connectivity index (χ2n) is 7.73. The van der Waals surface area contributed by atoms with Crippen LogP contribution in [0.5, 0.6) is 5.88 Å². The maximum Gasteiger partial charge on any atom is 0.293 e. The first-order chi connectivity index (χ1) is 15.5. The molecule has 32 heavy (non-hydrogen) atoms. The van der Waals surface area contributed by atoms with Gasteiger partial charge in [-0.15, -0.1) is 0 Å². The van der Waals surface area contributed by atoms with E-state index in [1.807, 2.05) is 12.1 Å². The van der Waals surface area contributed by atoms with Gasteiger partial charge in [0, 0.05) is 23.3 Å². The third-order valence-corrected chi connectivity index (χ3v) is 6.38. The van der Waals surface area contributed by atoms with Gasteiger partial charge in [0.05, 0.1) is 17.1 Å². The number of halogens is 1. The fourth-order valence-electron chi connectivity index (χ4n) is 3.96. The molecule has 166 valence electrons. The first kappa shape index (κ1) is 22.2. The molecule has 0 radical (unpaired) electrons. The van der Waals surface area contributed by atoms with Crippen LogP contribution in [0.15, 0.2) is 53.7 Å². The van der Waals surface area contributed by atoms with Crippen molar-refractivity contribution in [3.05, 3.63) is 59.9 Å². The van der Waals surface area contributed by atoms with E-state index in [4.69, 9.17) is 0 Å². The monoisotopic (exact) mass is 452 g/mol. The van der Waals surface area contributed by atoms with E-state index in [0.717, 1.165) is 25.0 Å². The van der Waals surface area contributed by atoms with Gasteiger partial charge in [0.25, 0.3) is 17.0 Å². The van der Waals surface area contributed by atoms with Crippen molar-refractivity contribution < 1.29 is 19.0 Å². The Bertz CT molecular complexity index is 1120. The zero-order valence-corrected chi connectivity index (χ0v) is 18.9. The zero-order valence-electron chi connectivity index (χ0n) is 18.1. The van der Waals surface area contributed by atoms with E-state index in [1.54, 1.807) is 33.8 Å². The largest absolute Gasteiger partial charge is 0.854 e. The molecule has 2 heterocycles. The summed E-state index contributed by atoms with van der Waals surface area (Å²) >= 11 is 1.44. The molecule has 6 nitrogen and oxygen atoms in total. The summed E-state index contributed by atoms with van der Waals surface area (Å²) in [7, 11) is 0. The van der Waals surface area contributed by atoms with Crippen molar-refractivity contribution >= 4 is 23.4 Å². The fraction of sp³-hybridized carbons (Fsp3) is 0.333.